The quantitative estimate of drug-likeness (QED) is 0.287. The van der Waals surface area contributed by atoms with Gasteiger partial charge in [-0.25, -0.2) is 9.87 Å². The highest BCUT2D eigenvalue weighted by Crippen LogP contribution is 2.32. The van der Waals surface area contributed by atoms with Crippen LogP contribution in [0.25, 0.3) is 0 Å². The summed E-state index contributed by atoms with van der Waals surface area (Å²) in [6.45, 7) is 6.51. The van der Waals surface area contributed by atoms with E-state index in [9.17, 15) is 23.6 Å². The van der Waals surface area contributed by atoms with Gasteiger partial charge in [0, 0.05) is 37.0 Å². The van der Waals surface area contributed by atoms with E-state index in [2.05, 4.69) is 10.6 Å². The van der Waals surface area contributed by atoms with Crippen LogP contribution in [0.1, 0.15) is 82.5 Å². The summed E-state index contributed by atoms with van der Waals surface area (Å²) in [6.07, 6.45) is 5.77. The second kappa shape index (κ2) is 13.2. The molecule has 0 spiro atoms. The molecule has 2 aliphatic rings. The molecule has 0 aromatic heterocycles. The summed E-state index contributed by atoms with van der Waals surface area (Å²) in [7, 11) is 0. The van der Waals surface area contributed by atoms with Gasteiger partial charge in [-0.1, -0.05) is 46.5 Å². The van der Waals surface area contributed by atoms with Gasteiger partial charge in [0.2, 0.25) is 17.7 Å². The van der Waals surface area contributed by atoms with E-state index in [1.54, 1.807) is 10.4 Å². The van der Waals surface area contributed by atoms with Crippen molar-refractivity contribution in [3.05, 3.63) is 35.6 Å². The highest BCUT2D eigenvalue weighted by atomic mass is 19.1. The van der Waals surface area contributed by atoms with Crippen molar-refractivity contribution in [1.29, 1.82) is 0 Å². The SMILES string of the molecule is CC(C)(C)[C@@H](NC(=O)[C@H](CC(=O)NO)CC1CCCC1)C(=O)N1CCC(NC(=O)c2ccc(F)cc2)CC1. The second-order valence-electron chi connectivity index (χ2n) is 11.7. The molecule has 2 fully saturated rings. The van der Waals surface area contributed by atoms with Crippen molar-refractivity contribution in [3.8, 4) is 0 Å². The van der Waals surface area contributed by atoms with Crippen molar-refractivity contribution < 1.29 is 28.8 Å². The molecule has 1 aromatic rings. The Labute approximate surface area is 223 Å². The number of rotatable bonds is 9. The van der Waals surface area contributed by atoms with Crippen LogP contribution < -0.4 is 16.1 Å². The van der Waals surface area contributed by atoms with Crippen molar-refractivity contribution in [3.63, 3.8) is 0 Å². The first-order valence-corrected chi connectivity index (χ1v) is 13.6. The Morgan fingerprint density at radius 1 is 1.03 bits per heavy atom. The maximum atomic E-state index is 13.6. The minimum atomic E-state index is -0.788. The third-order valence-electron chi connectivity index (χ3n) is 7.67. The molecule has 38 heavy (non-hydrogen) atoms. The predicted octanol–water partition coefficient (Wildman–Crippen LogP) is 3.17. The van der Waals surface area contributed by atoms with E-state index in [1.165, 1.54) is 24.3 Å². The van der Waals surface area contributed by atoms with E-state index >= 15 is 0 Å². The van der Waals surface area contributed by atoms with Crippen molar-refractivity contribution in [2.45, 2.75) is 84.2 Å². The number of nitrogens with zero attached hydrogens (tertiary/aromatic N) is 1. The zero-order valence-electron chi connectivity index (χ0n) is 22.6. The Bertz CT molecular complexity index is 980. The summed E-state index contributed by atoms with van der Waals surface area (Å²) in [6, 6.07) is 4.45. The first kappa shape index (κ1) is 29.5. The predicted molar refractivity (Wildman–Crippen MR) is 139 cm³/mol. The van der Waals surface area contributed by atoms with Gasteiger partial charge in [0.25, 0.3) is 5.91 Å². The average molecular weight is 533 g/mol. The molecular formula is C28H41FN4O5. The molecule has 1 aliphatic carbocycles. The van der Waals surface area contributed by atoms with E-state index in [1.807, 2.05) is 20.8 Å². The molecule has 1 saturated heterocycles. The Hall–Kier alpha value is -3.01. The summed E-state index contributed by atoms with van der Waals surface area (Å²) in [4.78, 5) is 53.0. The summed E-state index contributed by atoms with van der Waals surface area (Å²) in [5, 5.41) is 14.9. The lowest BCUT2D eigenvalue weighted by Gasteiger charge is -2.39. The highest BCUT2D eigenvalue weighted by molar-refractivity contribution is 5.94. The lowest BCUT2D eigenvalue weighted by atomic mass is 9.84. The molecular weight excluding hydrogens is 491 g/mol. The van der Waals surface area contributed by atoms with E-state index in [0.29, 0.717) is 43.8 Å². The molecule has 0 unspecified atom stereocenters. The van der Waals surface area contributed by atoms with Gasteiger partial charge in [-0.05, 0) is 54.9 Å². The van der Waals surface area contributed by atoms with Gasteiger partial charge in [-0.3, -0.25) is 24.4 Å². The largest absolute Gasteiger partial charge is 0.349 e. The van der Waals surface area contributed by atoms with Gasteiger partial charge >= 0.3 is 0 Å². The van der Waals surface area contributed by atoms with Crippen LogP contribution in [0.15, 0.2) is 24.3 Å². The summed E-state index contributed by atoms with van der Waals surface area (Å²) in [5.74, 6) is -2.13. The van der Waals surface area contributed by atoms with Crippen molar-refractivity contribution >= 4 is 23.6 Å². The van der Waals surface area contributed by atoms with Crippen molar-refractivity contribution in [1.82, 2.24) is 21.0 Å². The number of carbonyl (C=O) groups is 4. The Morgan fingerprint density at radius 2 is 1.63 bits per heavy atom. The summed E-state index contributed by atoms with van der Waals surface area (Å²) < 4.78 is 13.1. The fourth-order valence-electron chi connectivity index (χ4n) is 5.41. The van der Waals surface area contributed by atoms with E-state index < -0.39 is 29.1 Å². The van der Waals surface area contributed by atoms with Crippen LogP contribution in [-0.4, -0.2) is 58.9 Å². The van der Waals surface area contributed by atoms with Crippen LogP contribution >= 0.6 is 0 Å². The second-order valence-corrected chi connectivity index (χ2v) is 11.7. The average Bonchev–Trinajstić information content (AvgIpc) is 3.39. The first-order valence-electron chi connectivity index (χ1n) is 13.6. The third kappa shape index (κ3) is 8.24. The van der Waals surface area contributed by atoms with Crippen LogP contribution in [-0.2, 0) is 14.4 Å². The number of amides is 4. The molecule has 9 nitrogen and oxygen atoms in total. The number of nitrogens with one attached hydrogen (secondary N) is 3. The van der Waals surface area contributed by atoms with Crippen LogP contribution in [0, 0.1) is 23.1 Å². The summed E-state index contributed by atoms with van der Waals surface area (Å²) >= 11 is 0. The molecule has 1 aromatic carbocycles. The van der Waals surface area contributed by atoms with Gasteiger partial charge in [0.05, 0.1) is 0 Å². The number of benzene rings is 1. The van der Waals surface area contributed by atoms with Gasteiger partial charge in [0.15, 0.2) is 0 Å². The number of hydrogen-bond acceptors (Lipinski definition) is 5. The molecule has 1 aliphatic heterocycles. The van der Waals surface area contributed by atoms with E-state index in [-0.39, 0.29) is 30.2 Å². The third-order valence-corrected chi connectivity index (χ3v) is 7.67. The lowest BCUT2D eigenvalue weighted by molar-refractivity contribution is -0.142. The zero-order valence-corrected chi connectivity index (χ0v) is 22.6. The van der Waals surface area contributed by atoms with Crippen LogP contribution in [0.3, 0.4) is 0 Å². The van der Waals surface area contributed by atoms with Gasteiger partial charge in [-0.15, -0.1) is 0 Å². The molecule has 4 amide bonds. The van der Waals surface area contributed by atoms with Gasteiger partial charge in [-0.2, -0.15) is 0 Å². The van der Waals surface area contributed by atoms with Crippen LogP contribution in [0.2, 0.25) is 0 Å². The Morgan fingerprint density at radius 3 is 2.18 bits per heavy atom. The molecule has 0 bridgehead atoms. The van der Waals surface area contributed by atoms with Crippen molar-refractivity contribution in [2.24, 2.45) is 17.3 Å². The molecule has 3 rings (SSSR count). The Kier molecular flexibility index (Phi) is 10.2. The normalized spacial score (nSPS) is 18.5. The van der Waals surface area contributed by atoms with Crippen molar-refractivity contribution in [2.75, 3.05) is 13.1 Å². The number of carbonyl (C=O) groups excluding carboxylic acids is 4. The topological polar surface area (TPSA) is 128 Å². The number of likely N-dealkylation sites (tertiary alicyclic amines) is 1. The lowest BCUT2D eigenvalue weighted by Crippen LogP contribution is -2.58. The van der Waals surface area contributed by atoms with Crippen LogP contribution in [0.5, 0.6) is 0 Å². The monoisotopic (exact) mass is 532 g/mol. The molecule has 0 radical (unpaired) electrons. The molecule has 210 valence electrons. The maximum absolute atomic E-state index is 13.6. The minimum absolute atomic E-state index is 0.118. The number of hydrogen-bond donors (Lipinski definition) is 4. The number of halogens is 1. The highest BCUT2D eigenvalue weighted by Gasteiger charge is 2.39. The fourth-order valence-corrected chi connectivity index (χ4v) is 5.41. The summed E-state index contributed by atoms with van der Waals surface area (Å²) in [5.41, 5.74) is 1.43. The molecule has 1 heterocycles. The smallest absolute Gasteiger partial charge is 0.251 e. The minimum Gasteiger partial charge on any atom is -0.349 e. The molecule has 4 N–H and O–H groups in total. The molecule has 10 heteroatoms. The fraction of sp³-hybridized carbons (Fsp3) is 0.643. The standard InChI is InChI=1S/C28H41FN4O5/c1-28(2,3)24(31-26(36)20(17-23(34)32-38)16-18-6-4-5-7-18)27(37)33-14-12-22(13-15-33)30-25(35)19-8-10-21(29)11-9-19/h8-11,18,20,22,24,38H,4-7,12-17H2,1-3H3,(H,30,35)(H,31,36)(H,32,34)/t20-,24-/m0/s1. The first-order chi connectivity index (χ1) is 18.0. The Balaban J connectivity index is 1.60. The molecule has 2 atom stereocenters. The maximum Gasteiger partial charge on any atom is 0.251 e. The zero-order chi connectivity index (χ0) is 27.9. The van der Waals surface area contributed by atoms with E-state index in [4.69, 9.17) is 5.21 Å². The number of piperidine rings is 1. The van der Waals surface area contributed by atoms with Gasteiger partial charge in [0.1, 0.15) is 11.9 Å². The van der Waals surface area contributed by atoms with Crippen LogP contribution in [0.4, 0.5) is 4.39 Å². The van der Waals surface area contributed by atoms with E-state index in [0.717, 1.165) is 25.7 Å². The molecule has 1 saturated carbocycles. The number of hydroxylamine groups is 1. The van der Waals surface area contributed by atoms with Gasteiger partial charge < -0.3 is 15.5 Å².